The van der Waals surface area contributed by atoms with Crippen molar-refractivity contribution in [3.05, 3.63) is 23.3 Å². The molecule has 0 spiro atoms. The maximum atomic E-state index is 11.6. The first-order chi connectivity index (χ1) is 12.8. The summed E-state index contributed by atoms with van der Waals surface area (Å²) in [6.45, 7) is 11.8. The number of phenolic OH excluding ortho intramolecular Hbond substituents is 1. The van der Waals surface area contributed by atoms with E-state index in [1.807, 2.05) is 53.7 Å². The molecule has 0 amide bonds. The van der Waals surface area contributed by atoms with Gasteiger partial charge >= 0.3 is 16.5 Å². The SMILES string of the molecule is CO[PH](=O)OCN(CO[PH](=O)OC)c1cc(C(C)(C)C)c(O)c(C(C)(C)C)c1. The van der Waals surface area contributed by atoms with Crippen molar-refractivity contribution < 1.29 is 32.3 Å². The summed E-state index contributed by atoms with van der Waals surface area (Å²) in [6, 6.07) is 3.65. The van der Waals surface area contributed by atoms with Gasteiger partial charge < -0.3 is 19.1 Å². The number of hydrogen-bond donors (Lipinski definition) is 1. The first-order valence-corrected chi connectivity index (χ1v) is 11.3. The summed E-state index contributed by atoms with van der Waals surface area (Å²) in [4.78, 5) is 1.62. The molecule has 2 unspecified atom stereocenters. The lowest BCUT2D eigenvalue weighted by atomic mass is 9.79. The zero-order chi connectivity index (χ0) is 21.7. The van der Waals surface area contributed by atoms with Gasteiger partial charge in [0.25, 0.3) is 0 Å². The number of phenols is 1. The molecular weight excluding hydrogens is 404 g/mol. The monoisotopic (exact) mass is 437 g/mol. The zero-order valence-corrected chi connectivity index (χ0v) is 19.9. The summed E-state index contributed by atoms with van der Waals surface area (Å²) < 4.78 is 43.1. The standard InChI is InChI=1S/C18H33NO7P2/c1-17(2,3)14-9-13(10-15(16(14)20)18(4,5)6)19(11-25-27(21)23-7)12-26-28(22)24-8/h9-10,20,27-28H,11-12H2,1-8H3. The molecule has 8 nitrogen and oxygen atoms in total. The zero-order valence-electron chi connectivity index (χ0n) is 17.9. The van der Waals surface area contributed by atoms with Crippen LogP contribution in [0.25, 0.3) is 0 Å². The molecule has 1 aromatic carbocycles. The first-order valence-electron chi connectivity index (χ1n) is 8.85. The molecule has 0 heterocycles. The van der Waals surface area contributed by atoms with Gasteiger partial charge in [-0.25, -0.2) is 0 Å². The molecule has 0 aromatic heterocycles. The van der Waals surface area contributed by atoms with Gasteiger partial charge in [0, 0.05) is 31.0 Å². The largest absolute Gasteiger partial charge is 0.507 e. The lowest BCUT2D eigenvalue weighted by molar-refractivity contribution is 0.212. The van der Waals surface area contributed by atoms with E-state index in [-0.39, 0.29) is 30.0 Å². The molecule has 2 atom stereocenters. The van der Waals surface area contributed by atoms with Crippen LogP contribution in [0.4, 0.5) is 5.69 Å². The van der Waals surface area contributed by atoms with E-state index in [0.29, 0.717) is 5.69 Å². The van der Waals surface area contributed by atoms with Crippen molar-refractivity contribution in [2.75, 3.05) is 32.6 Å². The molecule has 10 heteroatoms. The second kappa shape index (κ2) is 10.2. The van der Waals surface area contributed by atoms with Gasteiger partial charge in [-0.05, 0) is 23.0 Å². The smallest absolute Gasteiger partial charge is 0.320 e. The van der Waals surface area contributed by atoms with E-state index in [4.69, 9.17) is 18.1 Å². The van der Waals surface area contributed by atoms with E-state index in [1.165, 1.54) is 14.2 Å². The molecule has 28 heavy (non-hydrogen) atoms. The topological polar surface area (TPSA) is 94.5 Å². The molecule has 1 rings (SSSR count). The fraction of sp³-hybridized carbons (Fsp3) is 0.667. The van der Waals surface area contributed by atoms with Crippen LogP contribution in [-0.2, 0) is 38.1 Å². The Hall–Kier alpha value is -0.880. The average Bonchev–Trinajstić information content (AvgIpc) is 2.59. The normalized spacial score (nSPS) is 14.7. The maximum Gasteiger partial charge on any atom is 0.320 e. The molecule has 0 saturated carbocycles. The highest BCUT2D eigenvalue weighted by Gasteiger charge is 2.28. The third-order valence-electron chi connectivity index (χ3n) is 4.09. The van der Waals surface area contributed by atoms with Crippen LogP contribution in [0, 0.1) is 0 Å². The summed E-state index contributed by atoms with van der Waals surface area (Å²) in [7, 11) is -2.73. The van der Waals surface area contributed by atoms with Crippen LogP contribution in [0.15, 0.2) is 12.1 Å². The maximum absolute atomic E-state index is 11.6. The highest BCUT2D eigenvalue weighted by Crippen LogP contribution is 2.42. The van der Waals surface area contributed by atoms with Crippen molar-refractivity contribution in [2.24, 2.45) is 0 Å². The first kappa shape index (κ1) is 25.2. The van der Waals surface area contributed by atoms with Crippen molar-refractivity contribution in [3.63, 3.8) is 0 Å². The van der Waals surface area contributed by atoms with E-state index in [2.05, 4.69) is 0 Å². The van der Waals surface area contributed by atoms with Gasteiger partial charge in [-0.2, -0.15) is 0 Å². The Morgan fingerprint density at radius 1 is 0.857 bits per heavy atom. The van der Waals surface area contributed by atoms with Crippen LogP contribution in [-0.4, -0.2) is 32.8 Å². The minimum absolute atomic E-state index is 0.109. The minimum atomic E-state index is -2.66. The van der Waals surface area contributed by atoms with Crippen LogP contribution >= 0.6 is 16.5 Å². The second-order valence-electron chi connectivity index (χ2n) is 8.38. The van der Waals surface area contributed by atoms with Crippen LogP contribution in [0.5, 0.6) is 5.75 Å². The lowest BCUT2D eigenvalue weighted by Gasteiger charge is -2.31. The summed E-state index contributed by atoms with van der Waals surface area (Å²) in [5, 5.41) is 10.9. The van der Waals surface area contributed by atoms with Gasteiger partial charge in [-0.1, -0.05) is 41.5 Å². The third kappa shape index (κ3) is 7.18. The molecule has 1 N–H and O–H groups in total. The van der Waals surface area contributed by atoms with Crippen LogP contribution in [0.2, 0.25) is 0 Å². The quantitative estimate of drug-likeness (QED) is 0.434. The van der Waals surface area contributed by atoms with Gasteiger partial charge in [0.15, 0.2) is 0 Å². The van der Waals surface area contributed by atoms with Gasteiger partial charge in [-0.3, -0.25) is 18.2 Å². The van der Waals surface area contributed by atoms with Crippen molar-refractivity contribution in [3.8, 4) is 5.75 Å². The molecule has 0 radical (unpaired) electrons. The van der Waals surface area contributed by atoms with Gasteiger partial charge in [0.2, 0.25) is 0 Å². The van der Waals surface area contributed by atoms with Crippen molar-refractivity contribution in [1.29, 1.82) is 0 Å². The molecule has 0 aliphatic rings. The molecule has 162 valence electrons. The Morgan fingerprint density at radius 2 is 1.21 bits per heavy atom. The molecular formula is C18H33NO7P2. The fourth-order valence-electron chi connectivity index (χ4n) is 2.51. The Kier molecular flexibility index (Phi) is 9.20. The van der Waals surface area contributed by atoms with E-state index in [0.717, 1.165) is 11.1 Å². The summed E-state index contributed by atoms with van der Waals surface area (Å²) in [6.07, 6.45) is 0. The number of anilines is 1. The highest BCUT2D eigenvalue weighted by molar-refractivity contribution is 7.33. The number of aromatic hydroxyl groups is 1. The van der Waals surface area contributed by atoms with E-state index in [9.17, 15) is 14.2 Å². The van der Waals surface area contributed by atoms with Gasteiger partial charge in [0.1, 0.15) is 19.2 Å². The molecule has 0 saturated heterocycles. The van der Waals surface area contributed by atoms with Crippen molar-refractivity contribution >= 4 is 22.2 Å². The summed E-state index contributed by atoms with van der Waals surface area (Å²) in [5.74, 6) is 0.237. The third-order valence-corrected chi connectivity index (χ3v) is 5.48. The molecule has 0 fully saturated rings. The number of rotatable bonds is 9. The number of nitrogens with zero attached hydrogens (tertiary/aromatic N) is 1. The van der Waals surface area contributed by atoms with Crippen LogP contribution in [0.3, 0.4) is 0 Å². The molecule has 0 bridgehead atoms. The Labute approximate surface area is 169 Å². The number of hydrogen-bond acceptors (Lipinski definition) is 8. The molecule has 1 aromatic rings. The van der Waals surface area contributed by atoms with E-state index in [1.54, 1.807) is 4.90 Å². The van der Waals surface area contributed by atoms with Gasteiger partial charge in [0.05, 0.1) is 0 Å². The minimum Gasteiger partial charge on any atom is -0.507 e. The Bertz CT molecular complexity index is 656. The van der Waals surface area contributed by atoms with E-state index >= 15 is 0 Å². The van der Waals surface area contributed by atoms with Crippen LogP contribution in [0.1, 0.15) is 52.7 Å². The Morgan fingerprint density at radius 3 is 1.50 bits per heavy atom. The molecule has 0 aliphatic heterocycles. The predicted octanol–water partition coefficient (Wildman–Crippen LogP) is 4.81. The summed E-state index contributed by atoms with van der Waals surface area (Å²) in [5.41, 5.74) is 1.52. The fourth-order valence-corrected chi connectivity index (χ4v) is 3.27. The molecule has 0 aliphatic carbocycles. The highest BCUT2D eigenvalue weighted by atomic mass is 31.1. The predicted molar refractivity (Wildman–Crippen MR) is 112 cm³/mol. The van der Waals surface area contributed by atoms with Crippen LogP contribution < -0.4 is 4.90 Å². The number of benzene rings is 1. The van der Waals surface area contributed by atoms with Gasteiger partial charge in [-0.15, -0.1) is 0 Å². The second-order valence-corrected chi connectivity index (χ2v) is 10.8. The lowest BCUT2D eigenvalue weighted by Crippen LogP contribution is -2.28. The summed E-state index contributed by atoms with van der Waals surface area (Å²) >= 11 is 0. The van der Waals surface area contributed by atoms with Crippen molar-refractivity contribution in [1.82, 2.24) is 0 Å². The van der Waals surface area contributed by atoms with E-state index < -0.39 is 16.5 Å². The Balaban J connectivity index is 3.43. The average molecular weight is 437 g/mol. The van der Waals surface area contributed by atoms with Crippen molar-refractivity contribution in [2.45, 2.75) is 52.4 Å².